The summed E-state index contributed by atoms with van der Waals surface area (Å²) in [4.78, 5) is 25.8. The van der Waals surface area contributed by atoms with Crippen LogP contribution < -0.4 is 10.6 Å². The first-order valence-electron chi connectivity index (χ1n) is 9.21. The fourth-order valence-corrected chi connectivity index (χ4v) is 4.58. The van der Waals surface area contributed by atoms with Gasteiger partial charge in [0.1, 0.15) is 0 Å². The minimum absolute atomic E-state index is 0.0429. The zero-order valence-electron chi connectivity index (χ0n) is 15.5. The Balaban J connectivity index is 1.50. The van der Waals surface area contributed by atoms with E-state index in [1.54, 1.807) is 11.3 Å². The fraction of sp³-hybridized carbons (Fsp3) is 0.556. The molecule has 1 atom stereocenters. The number of urea groups is 1. The van der Waals surface area contributed by atoms with Gasteiger partial charge in [0.15, 0.2) is 0 Å². The molecule has 2 N–H and O–H groups in total. The number of nitrogens with zero attached hydrogens (tertiary/aromatic N) is 2. The van der Waals surface area contributed by atoms with Crippen molar-refractivity contribution in [2.24, 2.45) is 5.92 Å². The van der Waals surface area contributed by atoms with Crippen LogP contribution in [0.3, 0.4) is 0 Å². The molecule has 0 radical (unpaired) electrons. The van der Waals surface area contributed by atoms with Gasteiger partial charge in [0.05, 0.1) is 10.6 Å². The maximum Gasteiger partial charge on any atom is 0.321 e. The number of thioether (sulfide) groups is 1. The lowest BCUT2D eigenvalue weighted by Gasteiger charge is -2.16. The third-order valence-corrected chi connectivity index (χ3v) is 6.39. The van der Waals surface area contributed by atoms with Gasteiger partial charge in [-0.2, -0.15) is 0 Å². The number of rotatable bonds is 7. The van der Waals surface area contributed by atoms with Crippen LogP contribution in [0.4, 0.5) is 4.79 Å². The van der Waals surface area contributed by atoms with Crippen molar-refractivity contribution < 1.29 is 14.0 Å². The van der Waals surface area contributed by atoms with Gasteiger partial charge in [-0.25, -0.2) is 4.79 Å². The normalized spacial score (nSPS) is 16.0. The van der Waals surface area contributed by atoms with E-state index in [1.807, 2.05) is 6.92 Å². The number of carbonyl (C=O) groups excluding carboxylic acids is 2. The minimum atomic E-state index is -0.473. The first-order valence-corrected chi connectivity index (χ1v) is 11.0. The largest absolute Gasteiger partial charge is 0.410 e. The molecule has 146 valence electrons. The zero-order valence-corrected chi connectivity index (χ0v) is 17.2. The van der Waals surface area contributed by atoms with Crippen molar-refractivity contribution in [1.82, 2.24) is 20.8 Å². The molecule has 0 spiro atoms. The Labute approximate surface area is 166 Å². The fourth-order valence-electron chi connectivity index (χ4n) is 2.89. The van der Waals surface area contributed by atoms with E-state index < -0.39 is 11.9 Å². The molecule has 2 heterocycles. The van der Waals surface area contributed by atoms with Crippen molar-refractivity contribution in [2.45, 2.75) is 51.2 Å². The summed E-state index contributed by atoms with van der Waals surface area (Å²) in [5.74, 6) is 0.851. The molecule has 0 bridgehead atoms. The van der Waals surface area contributed by atoms with Crippen molar-refractivity contribution in [3.05, 3.63) is 16.5 Å². The van der Waals surface area contributed by atoms with E-state index in [-0.39, 0.29) is 5.75 Å². The van der Waals surface area contributed by atoms with E-state index in [2.05, 4.69) is 33.8 Å². The number of aryl methyl sites for hydroxylation is 1. The molecule has 0 aromatic carbocycles. The molecule has 2 aromatic rings. The number of nitrogens with one attached hydrogen (secondary N) is 2. The molecule has 7 nitrogen and oxygen atoms in total. The number of carbonyl (C=O) groups is 2. The number of thiophene rings is 1. The highest BCUT2D eigenvalue weighted by Crippen LogP contribution is 2.37. The van der Waals surface area contributed by atoms with Gasteiger partial charge in [-0.1, -0.05) is 32.0 Å². The van der Waals surface area contributed by atoms with Crippen LogP contribution in [0, 0.1) is 5.92 Å². The van der Waals surface area contributed by atoms with Gasteiger partial charge >= 0.3 is 6.03 Å². The highest BCUT2D eigenvalue weighted by molar-refractivity contribution is 7.99. The van der Waals surface area contributed by atoms with Crippen LogP contribution >= 0.6 is 23.1 Å². The molecule has 3 amide bonds. The average Bonchev–Trinajstić information content (AvgIpc) is 3.26. The van der Waals surface area contributed by atoms with Gasteiger partial charge in [0.25, 0.3) is 11.1 Å². The lowest BCUT2D eigenvalue weighted by atomic mass is 9.90. The van der Waals surface area contributed by atoms with Gasteiger partial charge < -0.3 is 9.73 Å². The smallest absolute Gasteiger partial charge is 0.321 e. The number of hydrogen-bond acceptors (Lipinski definition) is 7. The molecule has 1 aliphatic rings. The van der Waals surface area contributed by atoms with E-state index in [4.69, 9.17) is 4.42 Å². The molecule has 0 aliphatic heterocycles. The molecular weight excluding hydrogens is 384 g/mol. The summed E-state index contributed by atoms with van der Waals surface area (Å²) in [7, 11) is 0. The topological polar surface area (TPSA) is 97.1 Å². The number of aromatic nitrogens is 2. The maximum absolute atomic E-state index is 11.8. The summed E-state index contributed by atoms with van der Waals surface area (Å²) in [6.07, 6.45) is 5.29. The molecule has 9 heteroatoms. The minimum Gasteiger partial charge on any atom is -0.410 e. The number of imide groups is 1. The van der Waals surface area contributed by atoms with Gasteiger partial charge in [-0.05, 0) is 43.2 Å². The Kier molecular flexibility index (Phi) is 6.89. The standard InChI is InChI=1S/C18H24N4O3S2/c1-3-4-7-19-17(24)20-15(23)10-26-18-22-21-16(25-18)14-9-12-8-11(2)5-6-13(12)27-14/h9,11H,3-8,10H2,1-2H3,(H2,19,20,23,24)/t11-/m0/s1. The average molecular weight is 409 g/mol. The van der Waals surface area contributed by atoms with Crippen LogP contribution in [0.25, 0.3) is 10.8 Å². The van der Waals surface area contributed by atoms with E-state index >= 15 is 0 Å². The number of unbranched alkanes of at least 4 members (excludes halogenated alkanes) is 1. The molecule has 0 unspecified atom stereocenters. The predicted molar refractivity (Wildman–Crippen MR) is 106 cm³/mol. The van der Waals surface area contributed by atoms with Gasteiger partial charge in [-0.3, -0.25) is 10.1 Å². The second-order valence-corrected chi connectivity index (χ2v) is 8.79. The Morgan fingerprint density at radius 2 is 2.26 bits per heavy atom. The number of amides is 3. The van der Waals surface area contributed by atoms with Gasteiger partial charge in [0.2, 0.25) is 5.91 Å². The van der Waals surface area contributed by atoms with Crippen LogP contribution in [-0.2, 0) is 17.6 Å². The monoisotopic (exact) mass is 408 g/mol. The SMILES string of the molecule is CCCCNC(=O)NC(=O)CSc1nnc(-c2cc3c(s2)CC[C@H](C)C3)o1. The van der Waals surface area contributed by atoms with E-state index in [0.29, 0.717) is 23.6 Å². The molecule has 0 saturated heterocycles. The van der Waals surface area contributed by atoms with Crippen LogP contribution in [-0.4, -0.2) is 34.4 Å². The lowest BCUT2D eigenvalue weighted by Crippen LogP contribution is -2.40. The first-order chi connectivity index (χ1) is 13.0. The summed E-state index contributed by atoms with van der Waals surface area (Å²) in [5.41, 5.74) is 1.38. The number of fused-ring (bicyclic) bond motifs is 1. The Hall–Kier alpha value is -1.87. The number of hydrogen-bond donors (Lipinski definition) is 2. The second-order valence-electron chi connectivity index (χ2n) is 6.73. The Morgan fingerprint density at radius 3 is 3.07 bits per heavy atom. The van der Waals surface area contributed by atoms with E-state index in [9.17, 15) is 9.59 Å². The van der Waals surface area contributed by atoms with Crippen LogP contribution in [0.1, 0.15) is 43.6 Å². The molecule has 2 aromatic heterocycles. The zero-order chi connectivity index (χ0) is 19.2. The summed E-state index contributed by atoms with van der Waals surface area (Å²) < 4.78 is 5.68. The summed E-state index contributed by atoms with van der Waals surface area (Å²) >= 11 is 2.83. The third-order valence-electron chi connectivity index (χ3n) is 4.34. The lowest BCUT2D eigenvalue weighted by molar-refractivity contribution is -0.117. The quantitative estimate of drug-likeness (QED) is 0.536. The Morgan fingerprint density at radius 1 is 1.41 bits per heavy atom. The molecule has 0 saturated carbocycles. The van der Waals surface area contributed by atoms with E-state index in [1.165, 1.54) is 16.9 Å². The molecular formula is C18H24N4O3S2. The second kappa shape index (κ2) is 9.36. The molecule has 3 rings (SSSR count). The molecule has 0 fully saturated rings. The summed E-state index contributed by atoms with van der Waals surface area (Å²) in [6.45, 7) is 4.86. The van der Waals surface area contributed by atoms with Crippen molar-refractivity contribution in [2.75, 3.05) is 12.3 Å². The Bertz CT molecular complexity index is 802. The van der Waals surface area contributed by atoms with Crippen molar-refractivity contribution in [1.29, 1.82) is 0 Å². The van der Waals surface area contributed by atoms with Crippen LogP contribution in [0.15, 0.2) is 15.7 Å². The maximum atomic E-state index is 11.8. The van der Waals surface area contributed by atoms with Gasteiger partial charge in [-0.15, -0.1) is 21.5 Å². The third kappa shape index (κ3) is 5.55. The highest BCUT2D eigenvalue weighted by Gasteiger charge is 2.21. The molecule has 1 aliphatic carbocycles. The predicted octanol–water partition coefficient (Wildman–Crippen LogP) is 3.64. The van der Waals surface area contributed by atoms with Gasteiger partial charge in [0, 0.05) is 11.4 Å². The molecule has 27 heavy (non-hydrogen) atoms. The summed E-state index contributed by atoms with van der Waals surface area (Å²) in [6, 6.07) is 1.67. The highest BCUT2D eigenvalue weighted by atomic mass is 32.2. The summed E-state index contributed by atoms with van der Waals surface area (Å²) in [5, 5.41) is 13.3. The van der Waals surface area contributed by atoms with Crippen LogP contribution in [0.2, 0.25) is 0 Å². The first kappa shape index (κ1) is 19.9. The van der Waals surface area contributed by atoms with Crippen molar-refractivity contribution >= 4 is 35.0 Å². The van der Waals surface area contributed by atoms with E-state index in [0.717, 1.165) is 42.3 Å². The van der Waals surface area contributed by atoms with Crippen molar-refractivity contribution in [3.8, 4) is 10.8 Å². The van der Waals surface area contributed by atoms with Crippen LogP contribution in [0.5, 0.6) is 0 Å². The van der Waals surface area contributed by atoms with Crippen molar-refractivity contribution in [3.63, 3.8) is 0 Å².